The van der Waals surface area contributed by atoms with E-state index >= 15 is 0 Å². The van der Waals surface area contributed by atoms with Crippen molar-refractivity contribution in [1.82, 2.24) is 0 Å². The highest BCUT2D eigenvalue weighted by atomic mass is 16.5. The molecule has 0 bridgehead atoms. The molecule has 0 fully saturated rings. The van der Waals surface area contributed by atoms with Crippen LogP contribution in [0.5, 0.6) is 5.75 Å². The minimum atomic E-state index is 0.130. The summed E-state index contributed by atoms with van der Waals surface area (Å²) in [5.74, 6) is 1.17. The Morgan fingerprint density at radius 3 is 2.76 bits per heavy atom. The fraction of sp³-hybridized carbons (Fsp3) is 0.500. The van der Waals surface area contributed by atoms with Crippen LogP contribution in [0.3, 0.4) is 0 Å². The van der Waals surface area contributed by atoms with E-state index < -0.39 is 0 Å². The summed E-state index contributed by atoms with van der Waals surface area (Å²) >= 11 is 0. The minimum Gasteiger partial charge on any atom is -0.496 e. The number of carbonyl (C=O) groups excluding carboxylic acids is 1. The van der Waals surface area contributed by atoms with E-state index in [1.807, 2.05) is 25.1 Å². The molecule has 1 rings (SSSR count). The lowest BCUT2D eigenvalue weighted by atomic mass is 9.98. The summed E-state index contributed by atoms with van der Waals surface area (Å²) in [5, 5.41) is 0. The highest BCUT2D eigenvalue weighted by Crippen LogP contribution is 2.22. The van der Waals surface area contributed by atoms with Crippen LogP contribution in [-0.4, -0.2) is 19.4 Å². The van der Waals surface area contributed by atoms with Crippen molar-refractivity contribution in [3.63, 3.8) is 0 Å². The second-order valence-electron chi connectivity index (χ2n) is 4.51. The van der Waals surface area contributed by atoms with Crippen molar-refractivity contribution in [2.75, 3.05) is 13.7 Å². The highest BCUT2D eigenvalue weighted by Gasteiger charge is 2.13. The van der Waals surface area contributed by atoms with Crippen molar-refractivity contribution in [3.8, 4) is 5.75 Å². The quantitative estimate of drug-likeness (QED) is 0.771. The summed E-state index contributed by atoms with van der Waals surface area (Å²) < 4.78 is 5.21. The largest absolute Gasteiger partial charge is 0.496 e. The molecule has 0 saturated heterocycles. The molecule has 3 heteroatoms. The minimum absolute atomic E-state index is 0.130. The lowest BCUT2D eigenvalue weighted by Gasteiger charge is -2.10. The highest BCUT2D eigenvalue weighted by molar-refractivity contribution is 5.98. The Bertz CT molecular complexity index is 388. The van der Waals surface area contributed by atoms with Gasteiger partial charge in [-0.05, 0) is 37.9 Å². The molecule has 1 unspecified atom stereocenters. The van der Waals surface area contributed by atoms with Gasteiger partial charge in [0, 0.05) is 6.42 Å². The van der Waals surface area contributed by atoms with Gasteiger partial charge in [0.15, 0.2) is 5.78 Å². The summed E-state index contributed by atoms with van der Waals surface area (Å²) in [6, 6.07) is 5.67. The normalized spacial score (nSPS) is 12.2. The van der Waals surface area contributed by atoms with E-state index in [1.54, 1.807) is 7.11 Å². The molecule has 94 valence electrons. The maximum atomic E-state index is 12.1. The third kappa shape index (κ3) is 3.86. The van der Waals surface area contributed by atoms with E-state index in [0.717, 1.165) is 12.0 Å². The number of hydrogen-bond donors (Lipinski definition) is 1. The molecule has 17 heavy (non-hydrogen) atoms. The lowest BCUT2D eigenvalue weighted by molar-refractivity contribution is 0.0972. The zero-order chi connectivity index (χ0) is 12.8. The van der Waals surface area contributed by atoms with Crippen LogP contribution in [0.15, 0.2) is 18.2 Å². The van der Waals surface area contributed by atoms with Crippen LogP contribution < -0.4 is 10.5 Å². The number of aryl methyl sites for hydroxylation is 1. The molecule has 0 aliphatic rings. The average molecular weight is 235 g/mol. The molecule has 0 aromatic heterocycles. The first-order chi connectivity index (χ1) is 8.08. The van der Waals surface area contributed by atoms with Gasteiger partial charge >= 0.3 is 0 Å². The van der Waals surface area contributed by atoms with Crippen LogP contribution in [0.4, 0.5) is 0 Å². The number of hydrogen-bond acceptors (Lipinski definition) is 3. The maximum Gasteiger partial charge on any atom is 0.166 e. The van der Waals surface area contributed by atoms with Crippen LogP contribution >= 0.6 is 0 Å². The van der Waals surface area contributed by atoms with Crippen molar-refractivity contribution in [2.24, 2.45) is 11.7 Å². The van der Waals surface area contributed by atoms with Gasteiger partial charge in [0.2, 0.25) is 0 Å². The molecular weight excluding hydrogens is 214 g/mol. The zero-order valence-corrected chi connectivity index (χ0v) is 10.8. The number of rotatable bonds is 6. The number of carbonyl (C=O) groups is 1. The van der Waals surface area contributed by atoms with Gasteiger partial charge < -0.3 is 10.5 Å². The van der Waals surface area contributed by atoms with E-state index in [1.165, 1.54) is 0 Å². The predicted octanol–water partition coefficient (Wildman–Crippen LogP) is 2.56. The van der Waals surface area contributed by atoms with E-state index in [4.69, 9.17) is 10.5 Å². The Hall–Kier alpha value is -1.35. The second kappa shape index (κ2) is 6.40. The fourth-order valence-corrected chi connectivity index (χ4v) is 1.67. The number of Topliss-reactive ketones (excluding diaryl/α,β-unsaturated/α-hetero) is 1. The molecular formula is C14H21NO2. The number of ketones is 1. The fourth-order valence-electron chi connectivity index (χ4n) is 1.67. The lowest BCUT2D eigenvalue weighted by Crippen LogP contribution is -2.12. The molecule has 0 spiro atoms. The first-order valence-corrected chi connectivity index (χ1v) is 5.96. The van der Waals surface area contributed by atoms with Gasteiger partial charge in [0.1, 0.15) is 5.75 Å². The van der Waals surface area contributed by atoms with Crippen LogP contribution in [0.25, 0.3) is 0 Å². The molecule has 0 heterocycles. The number of nitrogens with two attached hydrogens (primary N) is 1. The first-order valence-electron chi connectivity index (χ1n) is 5.96. The molecule has 1 aromatic rings. The zero-order valence-electron chi connectivity index (χ0n) is 10.8. The summed E-state index contributed by atoms with van der Waals surface area (Å²) in [7, 11) is 1.59. The Balaban J connectivity index is 2.77. The van der Waals surface area contributed by atoms with Crippen LogP contribution in [0.1, 0.15) is 35.7 Å². The van der Waals surface area contributed by atoms with Crippen LogP contribution in [-0.2, 0) is 0 Å². The monoisotopic (exact) mass is 235 g/mol. The number of benzene rings is 1. The van der Waals surface area contributed by atoms with E-state index in [9.17, 15) is 4.79 Å². The van der Waals surface area contributed by atoms with Crippen molar-refractivity contribution in [2.45, 2.75) is 26.7 Å². The van der Waals surface area contributed by atoms with Gasteiger partial charge in [0.25, 0.3) is 0 Å². The third-order valence-electron chi connectivity index (χ3n) is 2.92. The van der Waals surface area contributed by atoms with E-state index in [-0.39, 0.29) is 5.78 Å². The van der Waals surface area contributed by atoms with Crippen molar-refractivity contribution >= 4 is 5.78 Å². The van der Waals surface area contributed by atoms with Gasteiger partial charge in [-0.3, -0.25) is 4.79 Å². The van der Waals surface area contributed by atoms with Gasteiger partial charge in [-0.1, -0.05) is 18.6 Å². The molecule has 3 nitrogen and oxygen atoms in total. The molecule has 0 aliphatic carbocycles. The Kier molecular flexibility index (Phi) is 5.16. The number of ether oxygens (including phenoxy) is 1. The summed E-state index contributed by atoms with van der Waals surface area (Å²) in [6.07, 6.45) is 1.35. The second-order valence-corrected chi connectivity index (χ2v) is 4.51. The Morgan fingerprint density at radius 1 is 1.47 bits per heavy atom. The summed E-state index contributed by atoms with van der Waals surface area (Å²) in [6.45, 7) is 4.65. The number of methoxy groups -OCH3 is 1. The molecule has 2 N–H and O–H groups in total. The van der Waals surface area contributed by atoms with Gasteiger partial charge in [-0.15, -0.1) is 0 Å². The molecule has 0 aliphatic heterocycles. The van der Waals surface area contributed by atoms with Crippen molar-refractivity contribution in [3.05, 3.63) is 29.3 Å². The van der Waals surface area contributed by atoms with E-state index in [2.05, 4.69) is 6.92 Å². The van der Waals surface area contributed by atoms with Crippen molar-refractivity contribution in [1.29, 1.82) is 0 Å². The van der Waals surface area contributed by atoms with Crippen LogP contribution in [0, 0.1) is 12.8 Å². The van der Waals surface area contributed by atoms with E-state index in [0.29, 0.717) is 30.2 Å². The van der Waals surface area contributed by atoms with Gasteiger partial charge in [0.05, 0.1) is 12.7 Å². The van der Waals surface area contributed by atoms with Gasteiger partial charge in [-0.2, -0.15) is 0 Å². The third-order valence-corrected chi connectivity index (χ3v) is 2.92. The maximum absolute atomic E-state index is 12.1. The molecule has 1 atom stereocenters. The standard InChI is InChI=1S/C14H21NO2/c1-10-5-7-14(17-3)12(8-10)13(16)6-4-11(2)9-15/h5,7-8,11H,4,6,9,15H2,1-3H3. The van der Waals surface area contributed by atoms with Crippen molar-refractivity contribution < 1.29 is 9.53 Å². The SMILES string of the molecule is COc1ccc(C)cc1C(=O)CCC(C)CN. The van der Waals surface area contributed by atoms with Gasteiger partial charge in [-0.25, -0.2) is 0 Å². The average Bonchev–Trinajstić information content (AvgIpc) is 2.35. The van der Waals surface area contributed by atoms with Crippen LogP contribution in [0.2, 0.25) is 0 Å². The smallest absolute Gasteiger partial charge is 0.166 e. The topological polar surface area (TPSA) is 52.3 Å². The molecule has 0 saturated carbocycles. The first kappa shape index (κ1) is 13.7. The Labute approximate surface area is 103 Å². The summed E-state index contributed by atoms with van der Waals surface area (Å²) in [4.78, 5) is 12.1. The molecule has 1 aromatic carbocycles. The molecule has 0 radical (unpaired) electrons. The summed E-state index contributed by atoms with van der Waals surface area (Å²) in [5.41, 5.74) is 7.29. The Morgan fingerprint density at radius 2 is 2.18 bits per heavy atom. The molecule has 0 amide bonds. The predicted molar refractivity (Wildman–Crippen MR) is 69.5 cm³/mol.